The molecule has 114 valence electrons. The summed E-state index contributed by atoms with van der Waals surface area (Å²) in [5.41, 5.74) is 1.50. The van der Waals surface area contributed by atoms with Crippen molar-refractivity contribution in [1.29, 1.82) is 0 Å². The van der Waals surface area contributed by atoms with Gasteiger partial charge in [0.15, 0.2) is 0 Å². The van der Waals surface area contributed by atoms with Crippen molar-refractivity contribution in [2.45, 2.75) is 72.0 Å². The molecule has 1 aromatic rings. The highest BCUT2D eigenvalue weighted by molar-refractivity contribution is 7.11. The number of aryl methyl sites for hydroxylation is 2. The van der Waals surface area contributed by atoms with Gasteiger partial charge in [0, 0.05) is 35.6 Å². The Hall–Kier alpha value is -0.450. The van der Waals surface area contributed by atoms with E-state index in [4.69, 9.17) is 0 Å². The monoisotopic (exact) mass is 295 g/mol. The van der Waals surface area contributed by atoms with Crippen molar-refractivity contribution in [1.82, 2.24) is 15.2 Å². The molecule has 0 aromatic carbocycles. The number of hydrogen-bond acceptors (Lipinski definition) is 4. The highest BCUT2D eigenvalue weighted by Crippen LogP contribution is 2.34. The minimum atomic E-state index is 0.286. The van der Waals surface area contributed by atoms with Crippen LogP contribution in [0.5, 0.6) is 0 Å². The van der Waals surface area contributed by atoms with E-state index in [0.717, 1.165) is 13.1 Å². The van der Waals surface area contributed by atoms with Crippen LogP contribution in [0.3, 0.4) is 0 Å². The van der Waals surface area contributed by atoms with Crippen molar-refractivity contribution < 1.29 is 0 Å². The van der Waals surface area contributed by atoms with E-state index in [1.165, 1.54) is 28.4 Å². The van der Waals surface area contributed by atoms with E-state index >= 15 is 0 Å². The predicted octanol–water partition coefficient (Wildman–Crippen LogP) is 3.67. The largest absolute Gasteiger partial charge is 0.308 e. The maximum atomic E-state index is 4.60. The molecule has 1 N–H and O–H groups in total. The fourth-order valence-corrected chi connectivity index (χ4v) is 4.37. The van der Waals surface area contributed by atoms with Crippen LogP contribution >= 0.6 is 11.3 Å². The van der Waals surface area contributed by atoms with Gasteiger partial charge < -0.3 is 5.32 Å². The van der Waals surface area contributed by atoms with Crippen molar-refractivity contribution in [3.63, 3.8) is 0 Å². The number of aromatic nitrogens is 1. The number of nitrogens with one attached hydrogen (secondary N) is 1. The van der Waals surface area contributed by atoms with Gasteiger partial charge in [0.1, 0.15) is 0 Å². The fraction of sp³-hybridized carbons (Fsp3) is 0.812. The Bertz CT molecular complexity index is 451. The summed E-state index contributed by atoms with van der Waals surface area (Å²) < 4.78 is 0. The molecule has 1 aromatic heterocycles. The van der Waals surface area contributed by atoms with Crippen LogP contribution in [-0.4, -0.2) is 34.6 Å². The molecule has 1 aliphatic heterocycles. The molecule has 0 radical (unpaired) electrons. The summed E-state index contributed by atoms with van der Waals surface area (Å²) in [5.74, 6) is 0. The number of thiazole rings is 1. The van der Waals surface area contributed by atoms with Crippen molar-refractivity contribution in [3.05, 3.63) is 15.6 Å². The van der Waals surface area contributed by atoms with Gasteiger partial charge in [-0.3, -0.25) is 4.90 Å². The second-order valence-electron chi connectivity index (χ2n) is 6.25. The molecule has 2 rings (SSSR count). The van der Waals surface area contributed by atoms with Crippen molar-refractivity contribution >= 4 is 11.3 Å². The Labute approximate surface area is 127 Å². The molecule has 1 fully saturated rings. The van der Waals surface area contributed by atoms with E-state index < -0.39 is 0 Å². The van der Waals surface area contributed by atoms with Crippen LogP contribution in [0.15, 0.2) is 0 Å². The summed E-state index contributed by atoms with van der Waals surface area (Å²) in [7, 11) is 0. The van der Waals surface area contributed by atoms with Crippen LogP contribution in [0.2, 0.25) is 0 Å². The second kappa shape index (κ2) is 6.12. The van der Waals surface area contributed by atoms with Gasteiger partial charge in [-0.05, 0) is 40.5 Å². The number of rotatable bonds is 4. The summed E-state index contributed by atoms with van der Waals surface area (Å²) in [6, 6.07) is 1.05. The average Bonchev–Trinajstić information content (AvgIpc) is 2.78. The van der Waals surface area contributed by atoms with Crippen LogP contribution in [0.4, 0.5) is 0 Å². The van der Waals surface area contributed by atoms with E-state index in [1.54, 1.807) is 0 Å². The zero-order chi connectivity index (χ0) is 14.9. The number of piperazine rings is 1. The van der Waals surface area contributed by atoms with Gasteiger partial charge in [0.2, 0.25) is 0 Å². The van der Waals surface area contributed by atoms with Gasteiger partial charge in [-0.25, -0.2) is 4.98 Å². The summed E-state index contributed by atoms with van der Waals surface area (Å²) in [4.78, 5) is 8.72. The Morgan fingerprint density at radius 3 is 2.55 bits per heavy atom. The molecule has 0 bridgehead atoms. The third kappa shape index (κ3) is 2.92. The minimum absolute atomic E-state index is 0.286. The molecule has 2 atom stereocenters. The SMILES string of the molecule is CCC1(CC)CN(C(C)c2sc(C)nc2C)C(C)CN1. The van der Waals surface area contributed by atoms with Crippen LogP contribution in [0.25, 0.3) is 0 Å². The quantitative estimate of drug-likeness (QED) is 0.918. The molecule has 0 spiro atoms. The first-order valence-corrected chi connectivity index (χ1v) is 8.68. The molecule has 0 aliphatic carbocycles. The van der Waals surface area contributed by atoms with E-state index in [9.17, 15) is 0 Å². The first-order valence-electron chi connectivity index (χ1n) is 7.87. The lowest BCUT2D eigenvalue weighted by atomic mass is 9.88. The minimum Gasteiger partial charge on any atom is -0.308 e. The molecule has 20 heavy (non-hydrogen) atoms. The lowest BCUT2D eigenvalue weighted by molar-refractivity contribution is 0.0505. The molecule has 2 heterocycles. The molecule has 1 saturated heterocycles. The number of nitrogens with zero attached hydrogens (tertiary/aromatic N) is 2. The van der Waals surface area contributed by atoms with Gasteiger partial charge >= 0.3 is 0 Å². The Balaban J connectivity index is 2.23. The second-order valence-corrected chi connectivity index (χ2v) is 7.48. The van der Waals surface area contributed by atoms with Gasteiger partial charge in [-0.2, -0.15) is 0 Å². The third-order valence-electron chi connectivity index (χ3n) is 4.99. The molecule has 0 saturated carbocycles. The summed E-state index contributed by atoms with van der Waals surface area (Å²) in [6.45, 7) is 15.8. The summed E-state index contributed by atoms with van der Waals surface area (Å²) in [6.07, 6.45) is 2.39. The Morgan fingerprint density at radius 1 is 1.40 bits per heavy atom. The molecule has 3 nitrogen and oxygen atoms in total. The van der Waals surface area contributed by atoms with Crippen molar-refractivity contribution in [2.24, 2.45) is 0 Å². The van der Waals surface area contributed by atoms with Crippen LogP contribution in [0.1, 0.15) is 62.2 Å². The van der Waals surface area contributed by atoms with Gasteiger partial charge in [0.25, 0.3) is 0 Å². The lowest BCUT2D eigenvalue weighted by Crippen LogP contribution is -2.63. The Morgan fingerprint density at radius 2 is 2.05 bits per heavy atom. The standard InChI is InChI=1S/C16H29N3S/c1-7-16(8-2)10-19(11(3)9-17-16)13(5)15-12(4)18-14(6)20-15/h11,13,17H,7-10H2,1-6H3. The highest BCUT2D eigenvalue weighted by atomic mass is 32.1. The smallest absolute Gasteiger partial charge is 0.0900 e. The van der Waals surface area contributed by atoms with E-state index in [0.29, 0.717) is 12.1 Å². The normalized spacial score (nSPS) is 24.8. The van der Waals surface area contributed by atoms with Crippen molar-refractivity contribution in [2.75, 3.05) is 13.1 Å². The molecule has 4 heteroatoms. The summed E-state index contributed by atoms with van der Waals surface area (Å²) in [5, 5.41) is 4.97. The maximum absolute atomic E-state index is 4.60. The van der Waals surface area contributed by atoms with Crippen LogP contribution in [0, 0.1) is 13.8 Å². The Kier molecular flexibility index (Phi) is 4.88. The summed E-state index contributed by atoms with van der Waals surface area (Å²) >= 11 is 1.86. The van der Waals surface area contributed by atoms with Crippen LogP contribution < -0.4 is 5.32 Å². The lowest BCUT2D eigenvalue weighted by Gasteiger charge is -2.48. The first-order chi connectivity index (χ1) is 9.42. The molecule has 2 unspecified atom stereocenters. The van der Waals surface area contributed by atoms with Crippen molar-refractivity contribution in [3.8, 4) is 0 Å². The maximum Gasteiger partial charge on any atom is 0.0900 e. The molecular weight excluding hydrogens is 266 g/mol. The number of hydrogen-bond donors (Lipinski definition) is 1. The topological polar surface area (TPSA) is 28.2 Å². The predicted molar refractivity (Wildman–Crippen MR) is 87.5 cm³/mol. The van der Waals surface area contributed by atoms with E-state index in [1.807, 2.05) is 11.3 Å². The average molecular weight is 295 g/mol. The highest BCUT2D eigenvalue weighted by Gasteiger charge is 2.37. The molecule has 0 amide bonds. The van der Waals surface area contributed by atoms with Gasteiger partial charge in [0.05, 0.1) is 10.7 Å². The van der Waals surface area contributed by atoms with E-state index in [-0.39, 0.29) is 5.54 Å². The first kappa shape index (κ1) is 15.9. The van der Waals surface area contributed by atoms with Gasteiger partial charge in [-0.15, -0.1) is 11.3 Å². The zero-order valence-corrected chi connectivity index (χ0v) is 14.6. The third-order valence-corrected chi connectivity index (χ3v) is 6.24. The van der Waals surface area contributed by atoms with E-state index in [2.05, 4.69) is 56.7 Å². The molecule has 1 aliphatic rings. The van der Waals surface area contributed by atoms with Gasteiger partial charge in [-0.1, -0.05) is 13.8 Å². The van der Waals surface area contributed by atoms with Crippen LogP contribution in [-0.2, 0) is 0 Å². The zero-order valence-electron chi connectivity index (χ0n) is 13.8. The fourth-order valence-electron chi connectivity index (χ4n) is 3.37. The molecular formula is C16H29N3S.